The molecule has 1 atom stereocenters. The molecule has 1 N–H and O–H groups in total. The van der Waals surface area contributed by atoms with Crippen molar-refractivity contribution in [2.45, 2.75) is 19.8 Å². The molecule has 4 heteroatoms. The number of nitrogens with zero attached hydrogens (tertiary/aromatic N) is 1. The number of hydrogen-bond acceptors (Lipinski definition) is 3. The lowest BCUT2D eigenvalue weighted by atomic mass is 10.1. The minimum absolute atomic E-state index is 0.134. The van der Waals surface area contributed by atoms with E-state index in [0.717, 1.165) is 16.8 Å². The molecule has 1 amide bonds. The first-order chi connectivity index (χ1) is 10.1. The number of aryl methyl sites for hydroxylation is 1. The van der Waals surface area contributed by atoms with Crippen LogP contribution >= 0.6 is 0 Å². The SMILES string of the molecule is Cc1ccc(NC(=O)C(C)c2nc3ccccc3o2)cc1. The van der Waals surface area contributed by atoms with Crippen molar-refractivity contribution in [3.8, 4) is 0 Å². The predicted octanol–water partition coefficient (Wildman–Crippen LogP) is 3.88. The summed E-state index contributed by atoms with van der Waals surface area (Å²) >= 11 is 0. The van der Waals surface area contributed by atoms with Crippen LogP contribution in [0.4, 0.5) is 5.69 Å². The quantitative estimate of drug-likeness (QED) is 0.792. The van der Waals surface area contributed by atoms with Crippen molar-refractivity contribution >= 4 is 22.7 Å². The molecule has 2 aromatic carbocycles. The number of fused-ring (bicyclic) bond motifs is 1. The zero-order valence-corrected chi connectivity index (χ0v) is 12.0. The van der Waals surface area contributed by atoms with E-state index in [1.807, 2.05) is 55.5 Å². The second-order valence-corrected chi connectivity index (χ2v) is 5.10. The number of aromatic nitrogens is 1. The van der Waals surface area contributed by atoms with Crippen LogP contribution in [0.2, 0.25) is 0 Å². The van der Waals surface area contributed by atoms with Gasteiger partial charge in [0.2, 0.25) is 11.8 Å². The Hall–Kier alpha value is -2.62. The van der Waals surface area contributed by atoms with E-state index in [4.69, 9.17) is 4.42 Å². The van der Waals surface area contributed by atoms with Crippen LogP contribution in [-0.4, -0.2) is 10.9 Å². The Morgan fingerprint density at radius 3 is 2.57 bits per heavy atom. The smallest absolute Gasteiger partial charge is 0.236 e. The van der Waals surface area contributed by atoms with Crippen molar-refractivity contribution in [1.82, 2.24) is 4.98 Å². The molecule has 21 heavy (non-hydrogen) atoms. The van der Waals surface area contributed by atoms with Gasteiger partial charge in [-0.05, 0) is 38.1 Å². The summed E-state index contributed by atoms with van der Waals surface area (Å²) in [6, 6.07) is 15.2. The van der Waals surface area contributed by atoms with Gasteiger partial charge in [-0.25, -0.2) is 4.98 Å². The summed E-state index contributed by atoms with van der Waals surface area (Å²) in [7, 11) is 0. The van der Waals surface area contributed by atoms with E-state index in [1.54, 1.807) is 6.92 Å². The first-order valence-electron chi connectivity index (χ1n) is 6.86. The molecule has 3 rings (SSSR count). The van der Waals surface area contributed by atoms with Crippen LogP contribution in [-0.2, 0) is 4.79 Å². The number of nitrogens with one attached hydrogen (secondary N) is 1. The van der Waals surface area contributed by atoms with E-state index in [-0.39, 0.29) is 5.91 Å². The third-order valence-corrected chi connectivity index (χ3v) is 3.39. The highest BCUT2D eigenvalue weighted by Gasteiger charge is 2.21. The highest BCUT2D eigenvalue weighted by molar-refractivity contribution is 5.95. The first-order valence-corrected chi connectivity index (χ1v) is 6.86. The van der Waals surface area contributed by atoms with Crippen LogP contribution in [0.25, 0.3) is 11.1 Å². The van der Waals surface area contributed by atoms with Gasteiger partial charge in [0.25, 0.3) is 0 Å². The molecule has 0 saturated heterocycles. The van der Waals surface area contributed by atoms with Crippen LogP contribution in [0.5, 0.6) is 0 Å². The third-order valence-electron chi connectivity index (χ3n) is 3.39. The number of carbonyl (C=O) groups is 1. The largest absolute Gasteiger partial charge is 0.440 e. The summed E-state index contributed by atoms with van der Waals surface area (Å²) < 4.78 is 5.64. The Morgan fingerprint density at radius 1 is 1.14 bits per heavy atom. The molecule has 0 bridgehead atoms. The molecule has 4 nitrogen and oxygen atoms in total. The molecule has 0 spiro atoms. The Labute approximate surface area is 122 Å². The minimum Gasteiger partial charge on any atom is -0.440 e. The summed E-state index contributed by atoms with van der Waals surface area (Å²) in [5.41, 5.74) is 3.39. The lowest BCUT2D eigenvalue weighted by Gasteiger charge is -2.09. The molecule has 0 radical (unpaired) electrons. The van der Waals surface area contributed by atoms with E-state index in [2.05, 4.69) is 10.3 Å². The lowest BCUT2D eigenvalue weighted by molar-refractivity contribution is -0.117. The van der Waals surface area contributed by atoms with Gasteiger partial charge in [-0.15, -0.1) is 0 Å². The minimum atomic E-state index is -0.446. The fourth-order valence-electron chi connectivity index (χ4n) is 2.07. The standard InChI is InChI=1S/C17H16N2O2/c1-11-7-9-13(10-8-11)18-16(20)12(2)17-19-14-5-3-4-6-15(14)21-17/h3-10,12H,1-2H3,(H,18,20). The van der Waals surface area contributed by atoms with Crippen molar-refractivity contribution in [3.63, 3.8) is 0 Å². The summed E-state index contributed by atoms with van der Waals surface area (Å²) in [5.74, 6) is -0.148. The number of carbonyl (C=O) groups excluding carboxylic acids is 1. The molecule has 0 aliphatic heterocycles. The molecule has 1 heterocycles. The molecular formula is C17H16N2O2. The molecule has 0 aliphatic rings. The molecular weight excluding hydrogens is 264 g/mol. The van der Waals surface area contributed by atoms with Gasteiger partial charge in [0, 0.05) is 5.69 Å². The zero-order valence-electron chi connectivity index (χ0n) is 12.0. The van der Waals surface area contributed by atoms with Crippen LogP contribution in [0.15, 0.2) is 52.9 Å². The normalized spacial score (nSPS) is 12.3. The van der Waals surface area contributed by atoms with E-state index < -0.39 is 5.92 Å². The van der Waals surface area contributed by atoms with Gasteiger partial charge in [0.1, 0.15) is 11.4 Å². The van der Waals surface area contributed by atoms with Crippen molar-refractivity contribution in [1.29, 1.82) is 0 Å². The van der Waals surface area contributed by atoms with Gasteiger partial charge >= 0.3 is 0 Å². The molecule has 3 aromatic rings. The van der Waals surface area contributed by atoms with E-state index >= 15 is 0 Å². The van der Waals surface area contributed by atoms with Crippen LogP contribution in [0.3, 0.4) is 0 Å². The second-order valence-electron chi connectivity index (χ2n) is 5.10. The number of anilines is 1. The summed E-state index contributed by atoms with van der Waals surface area (Å²) in [5, 5.41) is 2.87. The highest BCUT2D eigenvalue weighted by atomic mass is 16.3. The molecule has 1 unspecified atom stereocenters. The van der Waals surface area contributed by atoms with Crippen LogP contribution < -0.4 is 5.32 Å². The van der Waals surface area contributed by atoms with E-state index in [0.29, 0.717) is 11.5 Å². The van der Waals surface area contributed by atoms with Crippen molar-refractivity contribution in [2.75, 3.05) is 5.32 Å². The number of amides is 1. The number of rotatable bonds is 3. The average molecular weight is 280 g/mol. The Bertz CT molecular complexity index is 742. The maximum Gasteiger partial charge on any atom is 0.236 e. The van der Waals surface area contributed by atoms with Gasteiger partial charge in [-0.1, -0.05) is 29.8 Å². The Kier molecular flexibility index (Phi) is 3.44. The van der Waals surface area contributed by atoms with E-state index in [1.165, 1.54) is 0 Å². The van der Waals surface area contributed by atoms with Gasteiger partial charge in [-0.2, -0.15) is 0 Å². The van der Waals surface area contributed by atoms with Crippen LogP contribution in [0, 0.1) is 6.92 Å². The first kappa shape index (κ1) is 13.4. The fraction of sp³-hybridized carbons (Fsp3) is 0.176. The predicted molar refractivity (Wildman–Crippen MR) is 82.2 cm³/mol. The van der Waals surface area contributed by atoms with Gasteiger partial charge < -0.3 is 9.73 Å². The number of benzene rings is 2. The van der Waals surface area contributed by atoms with Gasteiger partial charge in [0.15, 0.2) is 5.58 Å². The second kappa shape index (κ2) is 5.40. The molecule has 1 aromatic heterocycles. The third kappa shape index (κ3) is 2.79. The number of oxazole rings is 1. The maximum atomic E-state index is 12.3. The Balaban J connectivity index is 1.78. The van der Waals surface area contributed by atoms with Gasteiger partial charge in [0.05, 0.1) is 0 Å². The average Bonchev–Trinajstić information content (AvgIpc) is 2.92. The fourth-order valence-corrected chi connectivity index (χ4v) is 2.07. The highest BCUT2D eigenvalue weighted by Crippen LogP contribution is 2.22. The van der Waals surface area contributed by atoms with Crippen molar-refractivity contribution < 1.29 is 9.21 Å². The maximum absolute atomic E-state index is 12.3. The Morgan fingerprint density at radius 2 is 1.86 bits per heavy atom. The lowest BCUT2D eigenvalue weighted by Crippen LogP contribution is -2.19. The number of hydrogen-bond donors (Lipinski definition) is 1. The topological polar surface area (TPSA) is 55.1 Å². The van der Waals surface area contributed by atoms with Crippen molar-refractivity contribution in [2.24, 2.45) is 0 Å². The summed E-state index contributed by atoms with van der Waals surface area (Å²) in [6.07, 6.45) is 0. The molecule has 106 valence electrons. The van der Waals surface area contributed by atoms with E-state index in [9.17, 15) is 4.79 Å². The molecule has 0 saturated carbocycles. The molecule has 0 fully saturated rings. The summed E-state index contributed by atoms with van der Waals surface area (Å²) in [4.78, 5) is 16.6. The number of para-hydroxylation sites is 2. The van der Waals surface area contributed by atoms with Gasteiger partial charge in [-0.3, -0.25) is 4.79 Å². The van der Waals surface area contributed by atoms with Crippen LogP contribution in [0.1, 0.15) is 24.3 Å². The monoisotopic (exact) mass is 280 g/mol. The zero-order chi connectivity index (χ0) is 14.8. The van der Waals surface area contributed by atoms with Crippen molar-refractivity contribution in [3.05, 3.63) is 60.0 Å². The molecule has 0 aliphatic carbocycles. The summed E-state index contributed by atoms with van der Waals surface area (Å²) in [6.45, 7) is 3.79.